The minimum Gasteiger partial charge on any atom is -0.384 e. The molecule has 2 aromatic rings. The van der Waals surface area contributed by atoms with Crippen molar-refractivity contribution in [2.24, 2.45) is 0 Å². The molecule has 0 fully saturated rings. The average Bonchev–Trinajstić information content (AvgIpc) is 2.47. The molecule has 0 aliphatic heterocycles. The SMILES string of the molecule is CCCCc1ccc(C(O)c2cc(Cl)ccc2I)cc1. The molecule has 3 heteroatoms. The van der Waals surface area contributed by atoms with Crippen LogP contribution in [0.2, 0.25) is 5.02 Å². The summed E-state index contributed by atoms with van der Waals surface area (Å²) in [6.45, 7) is 2.19. The van der Waals surface area contributed by atoms with Crippen molar-refractivity contribution in [1.29, 1.82) is 0 Å². The van der Waals surface area contributed by atoms with E-state index in [1.54, 1.807) is 0 Å². The second kappa shape index (κ2) is 7.43. The van der Waals surface area contributed by atoms with Gasteiger partial charge in [-0.2, -0.15) is 0 Å². The Morgan fingerprint density at radius 3 is 2.50 bits per heavy atom. The lowest BCUT2D eigenvalue weighted by Crippen LogP contribution is -2.02. The van der Waals surface area contributed by atoms with Crippen LogP contribution in [0.25, 0.3) is 0 Å². The summed E-state index contributed by atoms with van der Waals surface area (Å²) >= 11 is 8.24. The van der Waals surface area contributed by atoms with Gasteiger partial charge in [-0.3, -0.25) is 0 Å². The van der Waals surface area contributed by atoms with E-state index in [0.717, 1.165) is 21.1 Å². The van der Waals surface area contributed by atoms with Crippen LogP contribution in [-0.2, 0) is 6.42 Å². The first-order valence-corrected chi connectivity index (χ1v) is 8.29. The number of benzene rings is 2. The molecular weight excluding hydrogens is 383 g/mol. The molecule has 20 heavy (non-hydrogen) atoms. The van der Waals surface area contributed by atoms with Gasteiger partial charge in [0.15, 0.2) is 0 Å². The van der Waals surface area contributed by atoms with Crippen molar-refractivity contribution in [3.8, 4) is 0 Å². The lowest BCUT2D eigenvalue weighted by Gasteiger charge is -2.14. The van der Waals surface area contributed by atoms with Crippen molar-refractivity contribution in [2.75, 3.05) is 0 Å². The second-order valence-corrected chi connectivity index (χ2v) is 6.51. The largest absolute Gasteiger partial charge is 0.384 e. The van der Waals surface area contributed by atoms with E-state index in [1.165, 1.54) is 18.4 Å². The maximum Gasteiger partial charge on any atom is 0.105 e. The molecule has 1 atom stereocenters. The van der Waals surface area contributed by atoms with Crippen LogP contribution in [0.5, 0.6) is 0 Å². The Kier molecular flexibility index (Phi) is 5.87. The lowest BCUT2D eigenvalue weighted by molar-refractivity contribution is 0.219. The average molecular weight is 401 g/mol. The van der Waals surface area contributed by atoms with Gasteiger partial charge < -0.3 is 5.11 Å². The van der Waals surface area contributed by atoms with Crippen LogP contribution in [0, 0.1) is 3.57 Å². The number of hydrogen-bond acceptors (Lipinski definition) is 1. The van der Waals surface area contributed by atoms with Gasteiger partial charge in [0.05, 0.1) is 0 Å². The molecule has 2 rings (SSSR count). The maximum absolute atomic E-state index is 10.5. The summed E-state index contributed by atoms with van der Waals surface area (Å²) in [5.41, 5.74) is 3.09. The smallest absolute Gasteiger partial charge is 0.105 e. The van der Waals surface area contributed by atoms with Crippen molar-refractivity contribution in [2.45, 2.75) is 32.3 Å². The minimum absolute atomic E-state index is 0.624. The number of rotatable bonds is 5. The number of unbranched alkanes of at least 4 members (excludes halogenated alkanes) is 1. The molecule has 0 amide bonds. The summed E-state index contributed by atoms with van der Waals surface area (Å²) in [5.74, 6) is 0. The standard InChI is InChI=1S/C17H18ClIO/c1-2-3-4-12-5-7-13(8-6-12)17(20)15-11-14(18)9-10-16(15)19/h5-11,17,20H,2-4H2,1H3. The van der Waals surface area contributed by atoms with E-state index < -0.39 is 6.10 Å². The molecule has 0 aliphatic carbocycles. The molecule has 1 N–H and O–H groups in total. The van der Waals surface area contributed by atoms with E-state index in [9.17, 15) is 5.11 Å². The molecule has 0 radical (unpaired) electrons. The topological polar surface area (TPSA) is 20.2 Å². The molecule has 2 aromatic carbocycles. The highest BCUT2D eigenvalue weighted by atomic mass is 127. The van der Waals surface area contributed by atoms with E-state index in [4.69, 9.17) is 11.6 Å². The van der Waals surface area contributed by atoms with E-state index in [-0.39, 0.29) is 0 Å². The minimum atomic E-state index is -0.624. The van der Waals surface area contributed by atoms with E-state index in [1.807, 2.05) is 30.3 Å². The monoisotopic (exact) mass is 400 g/mol. The first kappa shape index (κ1) is 15.8. The molecule has 0 saturated carbocycles. The predicted octanol–water partition coefficient (Wildman–Crippen LogP) is 5.37. The molecular formula is C17H18ClIO. The third-order valence-corrected chi connectivity index (χ3v) is 4.58. The van der Waals surface area contributed by atoms with Crippen LogP contribution in [0.3, 0.4) is 0 Å². The Labute approximate surface area is 139 Å². The molecule has 106 valence electrons. The Morgan fingerprint density at radius 2 is 1.85 bits per heavy atom. The zero-order chi connectivity index (χ0) is 14.5. The van der Waals surface area contributed by atoms with Crippen LogP contribution >= 0.6 is 34.2 Å². The van der Waals surface area contributed by atoms with Crippen molar-refractivity contribution < 1.29 is 5.11 Å². The quantitative estimate of drug-likeness (QED) is 0.669. The van der Waals surface area contributed by atoms with Gasteiger partial charge in [0.25, 0.3) is 0 Å². The van der Waals surface area contributed by atoms with Crippen LogP contribution < -0.4 is 0 Å². The highest BCUT2D eigenvalue weighted by Crippen LogP contribution is 2.28. The Morgan fingerprint density at radius 1 is 1.15 bits per heavy atom. The third kappa shape index (κ3) is 3.96. The zero-order valence-electron chi connectivity index (χ0n) is 11.4. The van der Waals surface area contributed by atoms with Crippen LogP contribution in [0.15, 0.2) is 42.5 Å². The van der Waals surface area contributed by atoms with Gasteiger partial charge in [-0.15, -0.1) is 0 Å². The van der Waals surface area contributed by atoms with Gasteiger partial charge in [-0.05, 0) is 70.3 Å². The van der Waals surface area contributed by atoms with Crippen LogP contribution in [0.4, 0.5) is 0 Å². The van der Waals surface area contributed by atoms with Crippen LogP contribution in [-0.4, -0.2) is 5.11 Å². The number of aliphatic hydroxyl groups excluding tert-OH is 1. The van der Waals surface area contributed by atoms with Gasteiger partial charge >= 0.3 is 0 Å². The molecule has 1 nitrogen and oxygen atoms in total. The first-order valence-electron chi connectivity index (χ1n) is 6.83. The summed E-state index contributed by atoms with van der Waals surface area (Å²) in [5, 5.41) is 11.2. The highest BCUT2D eigenvalue weighted by Gasteiger charge is 2.14. The van der Waals surface area contributed by atoms with Gasteiger partial charge in [0, 0.05) is 8.59 Å². The Bertz CT molecular complexity index is 566. The van der Waals surface area contributed by atoms with Gasteiger partial charge in [-0.25, -0.2) is 0 Å². The molecule has 0 saturated heterocycles. The third-order valence-electron chi connectivity index (χ3n) is 3.37. The molecule has 1 unspecified atom stereocenters. The van der Waals surface area contributed by atoms with E-state index in [0.29, 0.717) is 5.02 Å². The summed E-state index contributed by atoms with van der Waals surface area (Å²) < 4.78 is 1.02. The lowest BCUT2D eigenvalue weighted by atomic mass is 9.99. The normalized spacial score (nSPS) is 12.4. The molecule has 0 spiro atoms. The van der Waals surface area contributed by atoms with Crippen molar-refractivity contribution in [3.63, 3.8) is 0 Å². The van der Waals surface area contributed by atoms with Crippen molar-refractivity contribution >= 4 is 34.2 Å². The second-order valence-electron chi connectivity index (χ2n) is 4.91. The Balaban J connectivity index is 2.20. The Hall–Kier alpha value is -0.580. The highest BCUT2D eigenvalue weighted by molar-refractivity contribution is 14.1. The zero-order valence-corrected chi connectivity index (χ0v) is 14.4. The molecule has 0 aromatic heterocycles. The van der Waals surface area contributed by atoms with Crippen LogP contribution in [0.1, 0.15) is 42.6 Å². The fourth-order valence-corrected chi connectivity index (χ4v) is 2.96. The van der Waals surface area contributed by atoms with Gasteiger partial charge in [0.2, 0.25) is 0 Å². The van der Waals surface area contributed by atoms with Crippen molar-refractivity contribution in [3.05, 3.63) is 67.7 Å². The molecule has 0 bridgehead atoms. The summed E-state index contributed by atoms with van der Waals surface area (Å²) in [4.78, 5) is 0. The number of aryl methyl sites for hydroxylation is 1. The fraction of sp³-hybridized carbons (Fsp3) is 0.294. The van der Waals surface area contributed by atoms with Gasteiger partial charge in [-0.1, -0.05) is 49.2 Å². The first-order chi connectivity index (χ1) is 9.61. The van der Waals surface area contributed by atoms with Crippen molar-refractivity contribution in [1.82, 2.24) is 0 Å². The van der Waals surface area contributed by atoms with E-state index >= 15 is 0 Å². The number of hydrogen-bond donors (Lipinski definition) is 1. The molecule has 0 heterocycles. The van der Waals surface area contributed by atoms with Gasteiger partial charge in [0.1, 0.15) is 6.10 Å². The van der Waals surface area contributed by atoms with E-state index in [2.05, 4.69) is 41.6 Å². The maximum atomic E-state index is 10.5. The summed E-state index contributed by atoms with van der Waals surface area (Å²) in [6.07, 6.45) is 2.88. The fourth-order valence-electron chi connectivity index (χ4n) is 2.15. The summed E-state index contributed by atoms with van der Waals surface area (Å²) in [6, 6.07) is 13.8. The predicted molar refractivity (Wildman–Crippen MR) is 93.3 cm³/mol. The molecule has 0 aliphatic rings. The summed E-state index contributed by atoms with van der Waals surface area (Å²) in [7, 11) is 0. The number of aliphatic hydroxyl groups is 1. The number of halogens is 2.